The van der Waals surface area contributed by atoms with Crippen molar-refractivity contribution in [1.29, 1.82) is 0 Å². The fourth-order valence-electron chi connectivity index (χ4n) is 4.54. The third-order valence-corrected chi connectivity index (χ3v) is 8.40. The fraction of sp³-hybridized carbons (Fsp3) is 0.960. The first-order valence-electron chi connectivity index (χ1n) is 14.0. The van der Waals surface area contributed by atoms with E-state index in [1.807, 2.05) is 7.85 Å². The summed E-state index contributed by atoms with van der Waals surface area (Å²) in [6, 6.07) is -0.0422. The average molecular weight is 535 g/mol. The van der Waals surface area contributed by atoms with Gasteiger partial charge in [-0.3, -0.25) is 9.36 Å². The molecule has 0 bridgehead atoms. The topological polar surface area (TPSA) is 85.9 Å². The first kappa shape index (κ1) is 33.0. The van der Waals surface area contributed by atoms with Crippen LogP contribution in [0.1, 0.15) is 110 Å². The van der Waals surface area contributed by atoms with Gasteiger partial charge in [0, 0.05) is 32.1 Å². The highest BCUT2D eigenvalue weighted by Crippen LogP contribution is 2.49. The summed E-state index contributed by atoms with van der Waals surface area (Å²) in [5.41, 5.74) is 0. The molecule has 2 unspecified atom stereocenters. The zero-order chi connectivity index (χ0) is 25.8. The summed E-state index contributed by atoms with van der Waals surface area (Å²) in [5, 5.41) is 5.92. The number of carbonyl (C=O) groups is 1. The molecule has 0 saturated carbocycles. The molecular formula is C25H52BN2O5PS. The van der Waals surface area contributed by atoms with Gasteiger partial charge in [-0.05, 0) is 19.3 Å². The van der Waals surface area contributed by atoms with E-state index in [-0.39, 0.29) is 30.7 Å². The maximum atomic E-state index is 12.6. The van der Waals surface area contributed by atoms with Crippen LogP contribution in [0.5, 0.6) is 0 Å². The molecule has 206 valence electrons. The third kappa shape index (κ3) is 17.9. The molecule has 0 aromatic carbocycles. The van der Waals surface area contributed by atoms with E-state index in [0.29, 0.717) is 26.0 Å². The van der Waals surface area contributed by atoms with Crippen LogP contribution in [-0.4, -0.2) is 58.8 Å². The normalized spacial score (nSPS) is 21.7. The lowest BCUT2D eigenvalue weighted by Crippen LogP contribution is -2.36. The molecule has 4 atom stereocenters. The summed E-state index contributed by atoms with van der Waals surface area (Å²) in [4.78, 5) is 12.0. The Labute approximate surface area is 221 Å². The first-order chi connectivity index (χ1) is 16.9. The van der Waals surface area contributed by atoms with E-state index in [9.17, 15) is 9.36 Å². The van der Waals surface area contributed by atoms with Crippen molar-refractivity contribution in [2.24, 2.45) is 0 Å². The van der Waals surface area contributed by atoms with E-state index in [2.05, 4.69) is 29.6 Å². The number of amides is 1. The van der Waals surface area contributed by atoms with Crippen molar-refractivity contribution in [3.63, 3.8) is 0 Å². The second-order valence-electron chi connectivity index (χ2n) is 9.96. The fourth-order valence-corrected chi connectivity index (χ4v) is 6.37. The molecular weight excluding hydrogens is 482 g/mol. The third-order valence-electron chi connectivity index (χ3n) is 6.52. The highest BCUT2D eigenvalue weighted by Gasteiger charge is 2.36. The van der Waals surface area contributed by atoms with Crippen molar-refractivity contribution in [2.75, 3.05) is 26.9 Å². The Bertz CT molecular complexity index is 590. The second-order valence-corrected chi connectivity index (χ2v) is 13.1. The van der Waals surface area contributed by atoms with E-state index in [4.69, 9.17) is 14.0 Å². The minimum atomic E-state index is -3.24. The standard InChI is InChI=1S/C25H52BN2O5PS/c1-3-4-5-6-7-8-9-10-11-12-13-14-15-17-25(29)27-18-16-19-32-34(30,35)28-22-20-24(26)33-23(22)21-31-2/h22-24H,3-21,26H2,1-2H3,(H,27,29)(H2,28,30,35)/t22?,23-,24-,34?/m1/s1. The first-order valence-corrected chi connectivity index (χ1v) is 16.8. The van der Waals surface area contributed by atoms with Crippen LogP contribution in [-0.2, 0) is 23.4 Å². The highest BCUT2D eigenvalue weighted by atomic mass is 32.7. The maximum Gasteiger partial charge on any atom is 0.323 e. The minimum Gasteiger partial charge on any atom is -0.382 e. The average Bonchev–Trinajstić information content (AvgIpc) is 3.14. The summed E-state index contributed by atoms with van der Waals surface area (Å²) < 4.78 is 29.0. The molecule has 1 amide bonds. The molecule has 1 aliphatic rings. The van der Waals surface area contributed by atoms with Gasteiger partial charge in [0.2, 0.25) is 5.91 Å². The highest BCUT2D eigenvalue weighted by molar-refractivity contribution is 8.45. The SMILES string of the molecule is B[C@H]1CC(NP(=O)(S)OCCCNC(=O)CCCCCCCCCCCCCCC)[C@@H](COC)O1. The molecule has 1 rings (SSSR count). The predicted molar refractivity (Wildman–Crippen MR) is 151 cm³/mol. The number of methoxy groups -OCH3 is 1. The van der Waals surface area contributed by atoms with Gasteiger partial charge < -0.3 is 19.3 Å². The van der Waals surface area contributed by atoms with Gasteiger partial charge in [-0.15, -0.1) is 0 Å². The van der Waals surface area contributed by atoms with Crippen LogP contribution >= 0.6 is 19.0 Å². The summed E-state index contributed by atoms with van der Waals surface area (Å²) in [6.45, 7) is 0.238. The quantitative estimate of drug-likeness (QED) is 0.0707. The van der Waals surface area contributed by atoms with Crippen LogP contribution in [0.2, 0.25) is 0 Å². The maximum absolute atomic E-state index is 12.6. The summed E-state index contributed by atoms with van der Waals surface area (Å²) >= 11 is 4.19. The van der Waals surface area contributed by atoms with Crippen molar-refractivity contribution < 1.29 is 23.4 Å². The second kappa shape index (κ2) is 20.9. The molecule has 7 nitrogen and oxygen atoms in total. The molecule has 10 heteroatoms. The minimum absolute atomic E-state index is 0.0751. The monoisotopic (exact) mass is 534 g/mol. The Morgan fingerprint density at radius 2 is 1.57 bits per heavy atom. The molecule has 35 heavy (non-hydrogen) atoms. The summed E-state index contributed by atoms with van der Waals surface area (Å²) in [5.74, 6) is 0.0831. The van der Waals surface area contributed by atoms with Gasteiger partial charge in [0.05, 0.1) is 19.3 Å². The van der Waals surface area contributed by atoms with Crippen LogP contribution in [0, 0.1) is 0 Å². The number of hydrogen-bond acceptors (Lipinski definition) is 5. The summed E-state index contributed by atoms with van der Waals surface area (Å²) in [7, 11) is 3.60. The number of rotatable bonds is 23. The van der Waals surface area contributed by atoms with Gasteiger partial charge in [-0.1, -0.05) is 96.2 Å². The van der Waals surface area contributed by atoms with Crippen molar-refractivity contribution in [2.45, 2.75) is 128 Å². The van der Waals surface area contributed by atoms with Crippen LogP contribution in [0.15, 0.2) is 0 Å². The largest absolute Gasteiger partial charge is 0.382 e. The Kier molecular flexibility index (Phi) is 19.7. The lowest BCUT2D eigenvalue weighted by atomic mass is 9.95. The molecule has 0 radical (unpaired) electrons. The Balaban J connectivity index is 1.94. The summed E-state index contributed by atoms with van der Waals surface area (Å²) in [6.07, 6.45) is 18.7. The lowest BCUT2D eigenvalue weighted by Gasteiger charge is -2.22. The van der Waals surface area contributed by atoms with E-state index in [1.165, 1.54) is 70.6 Å². The van der Waals surface area contributed by atoms with Gasteiger partial charge in [0.25, 0.3) is 0 Å². The number of thiol groups is 1. The van der Waals surface area contributed by atoms with Gasteiger partial charge in [0.1, 0.15) is 7.85 Å². The molecule has 0 aliphatic carbocycles. The zero-order valence-electron chi connectivity index (χ0n) is 22.6. The molecule has 0 aromatic rings. The zero-order valence-corrected chi connectivity index (χ0v) is 24.4. The Hall–Kier alpha value is -0.0451. The van der Waals surface area contributed by atoms with Gasteiger partial charge in [0.15, 0.2) is 0 Å². The van der Waals surface area contributed by atoms with E-state index < -0.39 is 6.72 Å². The lowest BCUT2D eigenvalue weighted by molar-refractivity contribution is -0.121. The van der Waals surface area contributed by atoms with E-state index in [1.54, 1.807) is 7.11 Å². The number of nitrogens with one attached hydrogen (secondary N) is 2. The van der Waals surface area contributed by atoms with Crippen molar-refractivity contribution >= 4 is 32.7 Å². The van der Waals surface area contributed by atoms with Crippen LogP contribution in [0.25, 0.3) is 0 Å². The van der Waals surface area contributed by atoms with E-state index in [0.717, 1.165) is 19.3 Å². The van der Waals surface area contributed by atoms with Crippen LogP contribution in [0.4, 0.5) is 0 Å². The number of hydrogen-bond donors (Lipinski definition) is 3. The number of carbonyl (C=O) groups excluding carboxylic acids is 1. The Morgan fingerprint density at radius 3 is 2.14 bits per heavy atom. The smallest absolute Gasteiger partial charge is 0.323 e. The predicted octanol–water partition coefficient (Wildman–Crippen LogP) is 5.38. The number of unbranched alkanes of at least 4 members (excludes halogenated alkanes) is 12. The van der Waals surface area contributed by atoms with Crippen molar-refractivity contribution in [3.05, 3.63) is 0 Å². The van der Waals surface area contributed by atoms with Crippen molar-refractivity contribution in [3.8, 4) is 0 Å². The van der Waals surface area contributed by atoms with Crippen LogP contribution < -0.4 is 10.4 Å². The molecule has 0 spiro atoms. The molecule has 0 aromatic heterocycles. The molecule has 1 heterocycles. The van der Waals surface area contributed by atoms with Gasteiger partial charge >= 0.3 is 6.72 Å². The molecule has 1 fully saturated rings. The van der Waals surface area contributed by atoms with Gasteiger partial charge in [-0.25, -0.2) is 5.09 Å². The molecule has 2 N–H and O–H groups in total. The Morgan fingerprint density at radius 1 is 1.00 bits per heavy atom. The molecule has 1 aliphatic heterocycles. The molecule has 1 saturated heterocycles. The number of ether oxygens (including phenoxy) is 2. The van der Waals surface area contributed by atoms with Gasteiger partial charge in [-0.2, -0.15) is 0 Å². The van der Waals surface area contributed by atoms with E-state index >= 15 is 0 Å². The van der Waals surface area contributed by atoms with Crippen molar-refractivity contribution in [1.82, 2.24) is 10.4 Å². The van der Waals surface area contributed by atoms with Crippen LogP contribution in [0.3, 0.4) is 0 Å².